The van der Waals surface area contributed by atoms with Gasteiger partial charge in [-0.05, 0) is 38.5 Å². The molecule has 0 saturated carbocycles. The van der Waals surface area contributed by atoms with E-state index in [1.165, 1.54) is 0 Å². The minimum atomic E-state index is -0.828. The van der Waals surface area contributed by atoms with Gasteiger partial charge in [0.15, 0.2) is 0 Å². The zero-order valence-electron chi connectivity index (χ0n) is 10.5. The maximum Gasteiger partial charge on any atom is 0.338 e. The van der Waals surface area contributed by atoms with Crippen LogP contribution in [0.5, 0.6) is 0 Å². The highest BCUT2D eigenvalue weighted by Gasteiger charge is 2.15. The Hall–Kier alpha value is -1.55. The molecule has 1 aromatic rings. The first kappa shape index (κ1) is 13.5. The van der Waals surface area contributed by atoms with E-state index in [9.17, 15) is 9.90 Å². The van der Waals surface area contributed by atoms with Gasteiger partial charge in [-0.15, -0.1) is 0 Å². The molecule has 17 heavy (non-hydrogen) atoms. The minimum Gasteiger partial charge on any atom is -0.462 e. The number of anilines is 1. The van der Waals surface area contributed by atoms with Gasteiger partial charge in [-0.3, -0.25) is 0 Å². The number of nitrogens with two attached hydrogens (primary N) is 1. The quantitative estimate of drug-likeness (QED) is 0.619. The second-order valence-corrected chi connectivity index (χ2v) is 4.72. The van der Waals surface area contributed by atoms with Crippen molar-refractivity contribution in [3.63, 3.8) is 0 Å². The van der Waals surface area contributed by atoms with Crippen LogP contribution in [-0.4, -0.2) is 23.3 Å². The van der Waals surface area contributed by atoms with E-state index < -0.39 is 11.6 Å². The van der Waals surface area contributed by atoms with Crippen LogP contribution in [0.2, 0.25) is 0 Å². The number of carbonyl (C=O) groups excluding carboxylic acids is 1. The van der Waals surface area contributed by atoms with Crippen molar-refractivity contribution in [3.8, 4) is 0 Å². The van der Waals surface area contributed by atoms with Crippen molar-refractivity contribution in [1.82, 2.24) is 0 Å². The number of esters is 1. The van der Waals surface area contributed by atoms with Gasteiger partial charge in [0.05, 0.1) is 17.8 Å². The third kappa shape index (κ3) is 4.07. The maximum absolute atomic E-state index is 11.7. The van der Waals surface area contributed by atoms with Crippen molar-refractivity contribution in [2.24, 2.45) is 0 Å². The number of aliphatic hydroxyl groups is 1. The van der Waals surface area contributed by atoms with Crippen LogP contribution in [0, 0.1) is 6.92 Å². The summed E-state index contributed by atoms with van der Waals surface area (Å²) in [7, 11) is 0. The first-order valence-corrected chi connectivity index (χ1v) is 5.56. The Bertz CT molecular complexity index is 408. The monoisotopic (exact) mass is 237 g/mol. The summed E-state index contributed by atoms with van der Waals surface area (Å²) in [4.78, 5) is 11.7. The molecule has 0 atom stereocenters. The highest BCUT2D eigenvalue weighted by Crippen LogP contribution is 2.17. The van der Waals surface area contributed by atoms with Crippen molar-refractivity contribution in [3.05, 3.63) is 29.3 Å². The molecule has 4 heteroatoms. The zero-order valence-corrected chi connectivity index (χ0v) is 10.5. The van der Waals surface area contributed by atoms with Crippen LogP contribution in [-0.2, 0) is 4.74 Å². The average Bonchev–Trinajstić information content (AvgIpc) is 2.20. The number of hydrogen-bond donors (Lipinski definition) is 2. The largest absolute Gasteiger partial charge is 0.462 e. The molecule has 1 rings (SSSR count). The average molecular weight is 237 g/mol. The molecule has 0 spiro atoms. The fraction of sp³-hybridized carbons (Fsp3) is 0.462. The molecular formula is C13H19NO3. The molecule has 0 unspecified atom stereocenters. The summed E-state index contributed by atoms with van der Waals surface area (Å²) < 4.78 is 5.09. The van der Waals surface area contributed by atoms with Crippen molar-refractivity contribution in [2.75, 3.05) is 12.3 Å². The number of benzene rings is 1. The van der Waals surface area contributed by atoms with Crippen LogP contribution >= 0.6 is 0 Å². The normalized spacial score (nSPS) is 11.3. The Morgan fingerprint density at radius 1 is 1.47 bits per heavy atom. The highest BCUT2D eigenvalue weighted by molar-refractivity contribution is 5.92. The van der Waals surface area contributed by atoms with E-state index in [0.717, 1.165) is 5.56 Å². The first-order chi connectivity index (χ1) is 7.81. The standard InChI is InChI=1S/C13H19NO3/c1-9-10(5-4-6-11(9)14)12(15)17-8-7-13(2,3)16/h4-6,16H,7-8,14H2,1-3H3. The third-order valence-electron chi connectivity index (χ3n) is 2.54. The van der Waals surface area contributed by atoms with E-state index in [1.807, 2.05) is 0 Å². The van der Waals surface area contributed by atoms with Gasteiger partial charge >= 0.3 is 5.97 Å². The summed E-state index contributed by atoms with van der Waals surface area (Å²) in [6.07, 6.45) is 0.403. The van der Waals surface area contributed by atoms with Crippen LogP contribution < -0.4 is 5.73 Å². The summed E-state index contributed by atoms with van der Waals surface area (Å²) in [6, 6.07) is 5.13. The lowest BCUT2D eigenvalue weighted by Gasteiger charge is -2.16. The molecule has 1 aromatic carbocycles. The molecule has 3 N–H and O–H groups in total. The lowest BCUT2D eigenvalue weighted by molar-refractivity contribution is 0.0244. The number of carbonyl (C=O) groups is 1. The maximum atomic E-state index is 11.7. The summed E-state index contributed by atoms with van der Waals surface area (Å²) in [5.74, 6) is -0.404. The second kappa shape index (κ2) is 5.19. The van der Waals surface area contributed by atoms with Gasteiger partial charge in [0.25, 0.3) is 0 Å². The second-order valence-electron chi connectivity index (χ2n) is 4.72. The van der Waals surface area contributed by atoms with E-state index in [2.05, 4.69) is 0 Å². The number of nitrogen functional groups attached to an aromatic ring is 1. The Balaban J connectivity index is 2.62. The topological polar surface area (TPSA) is 72.6 Å². The van der Waals surface area contributed by atoms with Gasteiger partial charge in [0, 0.05) is 12.1 Å². The molecule has 0 aliphatic heterocycles. The molecule has 0 bridgehead atoms. The Kier molecular flexibility index (Phi) is 4.12. The molecule has 0 heterocycles. The first-order valence-electron chi connectivity index (χ1n) is 5.56. The van der Waals surface area contributed by atoms with E-state index in [4.69, 9.17) is 10.5 Å². The molecule has 0 amide bonds. The van der Waals surface area contributed by atoms with Crippen LogP contribution in [0.25, 0.3) is 0 Å². The lowest BCUT2D eigenvalue weighted by Crippen LogP contribution is -2.22. The van der Waals surface area contributed by atoms with Crippen LogP contribution in [0.15, 0.2) is 18.2 Å². The number of rotatable bonds is 4. The highest BCUT2D eigenvalue weighted by atomic mass is 16.5. The van der Waals surface area contributed by atoms with Gasteiger partial charge in [0.1, 0.15) is 0 Å². The Morgan fingerprint density at radius 2 is 2.12 bits per heavy atom. The van der Waals surface area contributed by atoms with Crippen LogP contribution in [0.4, 0.5) is 5.69 Å². The molecule has 0 saturated heterocycles. The fourth-order valence-electron chi connectivity index (χ4n) is 1.35. The number of ether oxygens (including phenoxy) is 1. The summed E-state index contributed by atoms with van der Waals surface area (Å²) >= 11 is 0. The fourth-order valence-corrected chi connectivity index (χ4v) is 1.35. The van der Waals surface area contributed by atoms with Gasteiger partial charge in [-0.1, -0.05) is 6.07 Å². The molecule has 4 nitrogen and oxygen atoms in total. The van der Waals surface area contributed by atoms with Gasteiger partial charge in [0.2, 0.25) is 0 Å². The summed E-state index contributed by atoms with van der Waals surface area (Å²) in [6.45, 7) is 5.32. The van der Waals surface area contributed by atoms with Crippen molar-refractivity contribution in [2.45, 2.75) is 32.8 Å². The van der Waals surface area contributed by atoms with Gasteiger partial charge in [-0.2, -0.15) is 0 Å². The minimum absolute atomic E-state index is 0.191. The van der Waals surface area contributed by atoms with E-state index in [0.29, 0.717) is 17.7 Å². The smallest absolute Gasteiger partial charge is 0.338 e. The predicted molar refractivity (Wildman–Crippen MR) is 66.8 cm³/mol. The summed E-state index contributed by atoms with van der Waals surface area (Å²) in [5, 5.41) is 9.49. The molecule has 0 aliphatic carbocycles. The predicted octanol–water partition coefficient (Wildman–Crippen LogP) is 1.90. The van der Waals surface area contributed by atoms with Gasteiger partial charge < -0.3 is 15.6 Å². The van der Waals surface area contributed by atoms with Crippen molar-refractivity contribution in [1.29, 1.82) is 0 Å². The van der Waals surface area contributed by atoms with E-state index in [-0.39, 0.29) is 6.61 Å². The van der Waals surface area contributed by atoms with Crippen molar-refractivity contribution < 1.29 is 14.6 Å². The molecule has 0 aliphatic rings. The Labute approximate surface area is 101 Å². The van der Waals surface area contributed by atoms with E-state index >= 15 is 0 Å². The lowest BCUT2D eigenvalue weighted by atomic mass is 10.1. The number of hydrogen-bond acceptors (Lipinski definition) is 4. The molecular weight excluding hydrogens is 218 g/mol. The van der Waals surface area contributed by atoms with Crippen molar-refractivity contribution >= 4 is 11.7 Å². The zero-order chi connectivity index (χ0) is 13.1. The van der Waals surface area contributed by atoms with E-state index in [1.54, 1.807) is 39.0 Å². The SMILES string of the molecule is Cc1c(N)cccc1C(=O)OCCC(C)(C)O. The molecule has 0 fully saturated rings. The Morgan fingerprint density at radius 3 is 2.71 bits per heavy atom. The molecule has 94 valence electrons. The third-order valence-corrected chi connectivity index (χ3v) is 2.54. The molecule has 0 radical (unpaired) electrons. The molecule has 0 aromatic heterocycles. The summed E-state index contributed by atoms with van der Waals surface area (Å²) in [5.41, 5.74) is 6.65. The van der Waals surface area contributed by atoms with Crippen LogP contribution in [0.3, 0.4) is 0 Å². The van der Waals surface area contributed by atoms with Gasteiger partial charge in [-0.25, -0.2) is 4.79 Å². The van der Waals surface area contributed by atoms with Crippen LogP contribution in [0.1, 0.15) is 36.2 Å².